The number of aromatic carboxylic acids is 1. The summed E-state index contributed by atoms with van der Waals surface area (Å²) in [6, 6.07) is 8.03. The fourth-order valence-corrected chi connectivity index (χ4v) is 1.75. The van der Waals surface area contributed by atoms with E-state index in [1.165, 1.54) is 13.1 Å². The molecule has 0 aliphatic carbocycles. The van der Waals surface area contributed by atoms with Crippen LogP contribution in [0.3, 0.4) is 0 Å². The van der Waals surface area contributed by atoms with E-state index in [2.05, 4.69) is 10.4 Å². The number of para-hydroxylation sites is 1. The molecule has 2 aromatic rings. The van der Waals surface area contributed by atoms with Gasteiger partial charge in [-0.1, -0.05) is 12.1 Å². The second-order valence-corrected chi connectivity index (χ2v) is 4.19. The highest BCUT2D eigenvalue weighted by atomic mass is 16.5. The van der Waals surface area contributed by atoms with E-state index in [4.69, 9.17) is 9.84 Å². The molecule has 1 aromatic carbocycles. The number of carboxylic acids is 1. The van der Waals surface area contributed by atoms with Gasteiger partial charge in [-0.2, -0.15) is 5.10 Å². The van der Waals surface area contributed by atoms with Gasteiger partial charge in [0.1, 0.15) is 23.6 Å². The van der Waals surface area contributed by atoms with Crippen molar-refractivity contribution in [3.05, 3.63) is 47.8 Å². The lowest BCUT2D eigenvalue weighted by Gasteiger charge is -2.08. The molecule has 1 amide bonds. The van der Waals surface area contributed by atoms with E-state index in [1.54, 1.807) is 35.1 Å². The van der Waals surface area contributed by atoms with Gasteiger partial charge in [0.05, 0.1) is 6.54 Å². The zero-order valence-electron chi connectivity index (χ0n) is 11.4. The van der Waals surface area contributed by atoms with Gasteiger partial charge in [0, 0.05) is 13.2 Å². The van der Waals surface area contributed by atoms with Gasteiger partial charge in [-0.05, 0) is 18.2 Å². The van der Waals surface area contributed by atoms with Crippen LogP contribution in [0.25, 0.3) is 0 Å². The molecule has 0 fully saturated rings. The molecule has 2 rings (SSSR count). The van der Waals surface area contributed by atoms with Crippen LogP contribution in [-0.2, 0) is 6.54 Å². The number of ether oxygens (including phenoxy) is 1. The van der Waals surface area contributed by atoms with Crippen LogP contribution >= 0.6 is 0 Å². The van der Waals surface area contributed by atoms with Gasteiger partial charge in [-0.3, -0.25) is 9.48 Å². The van der Waals surface area contributed by atoms with Crippen LogP contribution in [-0.4, -0.2) is 40.4 Å². The van der Waals surface area contributed by atoms with Crippen LogP contribution in [0.5, 0.6) is 5.75 Å². The second kappa shape index (κ2) is 6.56. The van der Waals surface area contributed by atoms with Crippen molar-refractivity contribution in [3.8, 4) is 5.75 Å². The highest BCUT2D eigenvalue weighted by Crippen LogP contribution is 2.17. The van der Waals surface area contributed by atoms with Crippen LogP contribution in [0, 0.1) is 0 Å². The van der Waals surface area contributed by atoms with Gasteiger partial charge in [0.2, 0.25) is 0 Å². The molecule has 0 saturated carbocycles. The normalized spacial score (nSPS) is 10.1. The van der Waals surface area contributed by atoms with Gasteiger partial charge in [-0.15, -0.1) is 0 Å². The number of nitrogens with one attached hydrogen (secondary N) is 1. The van der Waals surface area contributed by atoms with E-state index >= 15 is 0 Å². The Kier molecular flexibility index (Phi) is 4.55. The lowest BCUT2D eigenvalue weighted by molar-refractivity contribution is 0.0691. The van der Waals surface area contributed by atoms with E-state index in [-0.39, 0.29) is 18.1 Å². The average molecular weight is 289 g/mol. The number of amides is 1. The molecule has 1 aromatic heterocycles. The maximum atomic E-state index is 11.4. The van der Waals surface area contributed by atoms with Crippen LogP contribution in [0.2, 0.25) is 0 Å². The van der Waals surface area contributed by atoms with Crippen molar-refractivity contribution in [1.82, 2.24) is 15.1 Å². The molecular weight excluding hydrogens is 274 g/mol. The Balaban J connectivity index is 1.94. The SMILES string of the molecule is CNC(=O)c1ccn(CCOc2ccccc2C(=O)O)n1. The summed E-state index contributed by atoms with van der Waals surface area (Å²) in [5.74, 6) is -0.985. The zero-order chi connectivity index (χ0) is 15.2. The Labute approximate surface area is 121 Å². The molecule has 0 saturated heterocycles. The first kappa shape index (κ1) is 14.6. The van der Waals surface area contributed by atoms with E-state index in [1.807, 2.05) is 0 Å². The largest absolute Gasteiger partial charge is 0.491 e. The Morgan fingerprint density at radius 3 is 2.81 bits per heavy atom. The molecule has 0 bridgehead atoms. The Morgan fingerprint density at radius 2 is 2.10 bits per heavy atom. The monoisotopic (exact) mass is 289 g/mol. The molecule has 110 valence electrons. The second-order valence-electron chi connectivity index (χ2n) is 4.19. The Morgan fingerprint density at radius 1 is 1.33 bits per heavy atom. The zero-order valence-corrected chi connectivity index (χ0v) is 11.4. The number of aromatic nitrogens is 2. The Bertz CT molecular complexity index is 651. The smallest absolute Gasteiger partial charge is 0.339 e. The maximum Gasteiger partial charge on any atom is 0.339 e. The predicted molar refractivity (Wildman–Crippen MR) is 74.5 cm³/mol. The number of benzene rings is 1. The standard InChI is InChI=1S/C14H15N3O4/c1-15-13(18)11-6-7-17(16-11)8-9-21-12-5-3-2-4-10(12)14(19)20/h2-7H,8-9H2,1H3,(H,15,18)(H,19,20). The average Bonchev–Trinajstić information content (AvgIpc) is 2.95. The molecule has 21 heavy (non-hydrogen) atoms. The number of nitrogens with zero attached hydrogens (tertiary/aromatic N) is 2. The summed E-state index contributed by atoms with van der Waals surface area (Å²) >= 11 is 0. The van der Waals surface area contributed by atoms with Crippen molar-refractivity contribution in [1.29, 1.82) is 0 Å². The topological polar surface area (TPSA) is 93.5 Å². The van der Waals surface area contributed by atoms with Crippen molar-refractivity contribution in [3.63, 3.8) is 0 Å². The predicted octanol–water partition coefficient (Wildman–Crippen LogP) is 1.02. The molecule has 0 radical (unpaired) electrons. The number of hydrogen-bond acceptors (Lipinski definition) is 4. The highest BCUT2D eigenvalue weighted by molar-refractivity contribution is 5.92. The van der Waals surface area contributed by atoms with Crippen molar-refractivity contribution in [2.24, 2.45) is 0 Å². The van der Waals surface area contributed by atoms with Crippen molar-refractivity contribution in [2.75, 3.05) is 13.7 Å². The highest BCUT2D eigenvalue weighted by Gasteiger charge is 2.10. The van der Waals surface area contributed by atoms with E-state index in [0.29, 0.717) is 18.0 Å². The molecule has 0 aliphatic rings. The third kappa shape index (κ3) is 3.59. The third-order valence-corrected chi connectivity index (χ3v) is 2.80. The van der Waals surface area contributed by atoms with Crippen LogP contribution in [0.15, 0.2) is 36.5 Å². The molecule has 0 unspecified atom stereocenters. The molecule has 0 spiro atoms. The first-order valence-electron chi connectivity index (χ1n) is 6.32. The minimum Gasteiger partial charge on any atom is -0.491 e. The summed E-state index contributed by atoms with van der Waals surface area (Å²) in [4.78, 5) is 22.4. The van der Waals surface area contributed by atoms with Crippen LogP contribution in [0.1, 0.15) is 20.8 Å². The van der Waals surface area contributed by atoms with Gasteiger partial charge in [0.25, 0.3) is 5.91 Å². The first-order valence-corrected chi connectivity index (χ1v) is 6.32. The van der Waals surface area contributed by atoms with Crippen LogP contribution in [0.4, 0.5) is 0 Å². The van der Waals surface area contributed by atoms with Crippen molar-refractivity contribution < 1.29 is 19.4 Å². The summed E-state index contributed by atoms with van der Waals surface area (Å²) < 4.78 is 7.02. The minimum atomic E-state index is -1.04. The Hall–Kier alpha value is -2.83. The lowest BCUT2D eigenvalue weighted by Crippen LogP contribution is -2.19. The fourth-order valence-electron chi connectivity index (χ4n) is 1.75. The molecule has 2 N–H and O–H groups in total. The first-order chi connectivity index (χ1) is 10.1. The summed E-state index contributed by atoms with van der Waals surface area (Å²) in [7, 11) is 1.54. The summed E-state index contributed by atoms with van der Waals surface area (Å²) in [5.41, 5.74) is 0.437. The number of carbonyl (C=O) groups excluding carboxylic acids is 1. The van der Waals surface area contributed by atoms with Crippen molar-refractivity contribution in [2.45, 2.75) is 6.54 Å². The fraction of sp³-hybridized carbons (Fsp3) is 0.214. The van der Waals surface area contributed by atoms with Gasteiger partial charge < -0.3 is 15.2 Å². The summed E-state index contributed by atoms with van der Waals surface area (Å²) in [6.07, 6.45) is 1.66. The van der Waals surface area contributed by atoms with Crippen LogP contribution < -0.4 is 10.1 Å². The third-order valence-electron chi connectivity index (χ3n) is 2.80. The molecular formula is C14H15N3O4. The number of carboxylic acid groups (broad SMARTS) is 1. The quantitative estimate of drug-likeness (QED) is 0.828. The molecule has 0 aliphatic heterocycles. The summed E-state index contributed by atoms with van der Waals surface area (Å²) in [6.45, 7) is 0.657. The molecule has 1 heterocycles. The molecule has 7 nitrogen and oxygen atoms in total. The molecule has 0 atom stereocenters. The van der Waals surface area contributed by atoms with E-state index < -0.39 is 5.97 Å². The lowest BCUT2D eigenvalue weighted by atomic mass is 10.2. The van der Waals surface area contributed by atoms with Gasteiger partial charge >= 0.3 is 5.97 Å². The molecule has 7 heteroatoms. The maximum absolute atomic E-state index is 11.4. The number of rotatable bonds is 6. The van der Waals surface area contributed by atoms with E-state index in [0.717, 1.165) is 0 Å². The van der Waals surface area contributed by atoms with E-state index in [9.17, 15) is 9.59 Å². The summed E-state index contributed by atoms with van der Waals surface area (Å²) in [5, 5.41) is 15.6. The number of carbonyl (C=O) groups is 2. The van der Waals surface area contributed by atoms with Gasteiger partial charge in [0.15, 0.2) is 0 Å². The number of hydrogen-bond donors (Lipinski definition) is 2. The van der Waals surface area contributed by atoms with Crippen molar-refractivity contribution >= 4 is 11.9 Å². The van der Waals surface area contributed by atoms with Gasteiger partial charge in [-0.25, -0.2) is 4.79 Å². The minimum absolute atomic E-state index is 0.115.